The highest BCUT2D eigenvalue weighted by molar-refractivity contribution is 5.96. The van der Waals surface area contributed by atoms with Crippen LogP contribution in [0.4, 0.5) is 11.5 Å². The molecule has 0 aliphatic heterocycles. The molecule has 7 heteroatoms. The molecule has 0 unspecified atom stereocenters. The molecule has 0 amide bonds. The lowest BCUT2D eigenvalue weighted by Gasteiger charge is -2.27. The third-order valence-corrected chi connectivity index (χ3v) is 5.31. The minimum atomic E-state index is -0.426. The van der Waals surface area contributed by atoms with Crippen LogP contribution in [0, 0.1) is 0 Å². The molecule has 3 aromatic rings. The number of methoxy groups -OCH3 is 1. The summed E-state index contributed by atoms with van der Waals surface area (Å²) in [6, 6.07) is 13.8. The highest BCUT2D eigenvalue weighted by Gasteiger charge is 2.25. The first-order valence-corrected chi connectivity index (χ1v) is 9.78. The van der Waals surface area contributed by atoms with Crippen molar-refractivity contribution in [2.45, 2.75) is 37.8 Å². The molecular formula is C22H24N4O3. The molecule has 0 bridgehead atoms. The number of rotatable bonds is 5. The topological polar surface area (TPSA) is 89.3 Å². The summed E-state index contributed by atoms with van der Waals surface area (Å²) < 4.78 is 6.87. The summed E-state index contributed by atoms with van der Waals surface area (Å²) in [4.78, 5) is 16.3. The van der Waals surface area contributed by atoms with Crippen LogP contribution in [0.15, 0.2) is 54.9 Å². The molecule has 0 atom stereocenters. The number of nitrogens with one attached hydrogen (secondary N) is 1. The van der Waals surface area contributed by atoms with E-state index in [-0.39, 0.29) is 12.1 Å². The fraction of sp³-hybridized carbons (Fsp3) is 0.318. The molecule has 1 aliphatic rings. The largest absolute Gasteiger partial charge is 0.465 e. The number of nitrogens with zero attached hydrogens (tertiary/aromatic N) is 3. The SMILES string of the molecule is COC(=O)c1ccncc1Nc1cc(-c2ccccc2)nn1C1CCC(O)CC1. The number of anilines is 2. The number of esters is 1. The zero-order valence-corrected chi connectivity index (χ0v) is 16.3. The Labute approximate surface area is 169 Å². The van der Waals surface area contributed by atoms with E-state index in [1.807, 2.05) is 41.1 Å². The van der Waals surface area contributed by atoms with E-state index in [1.54, 1.807) is 18.5 Å². The third-order valence-electron chi connectivity index (χ3n) is 5.31. The van der Waals surface area contributed by atoms with Crippen molar-refractivity contribution >= 4 is 17.5 Å². The van der Waals surface area contributed by atoms with Crippen LogP contribution in [0.3, 0.4) is 0 Å². The minimum absolute atomic E-state index is 0.177. The Morgan fingerprint density at radius 2 is 1.93 bits per heavy atom. The maximum absolute atomic E-state index is 12.1. The van der Waals surface area contributed by atoms with E-state index in [0.717, 1.165) is 42.8 Å². The Balaban J connectivity index is 1.72. The van der Waals surface area contributed by atoms with Gasteiger partial charge in [-0.1, -0.05) is 30.3 Å². The number of hydrogen-bond donors (Lipinski definition) is 2. The maximum atomic E-state index is 12.1. The summed E-state index contributed by atoms with van der Waals surface area (Å²) in [5.74, 6) is 0.355. The molecule has 0 radical (unpaired) electrons. The summed E-state index contributed by atoms with van der Waals surface area (Å²) in [5, 5.41) is 18.1. The molecule has 150 valence electrons. The lowest BCUT2D eigenvalue weighted by atomic mass is 9.93. The average Bonchev–Trinajstić information content (AvgIpc) is 3.18. The molecule has 1 fully saturated rings. The van der Waals surface area contributed by atoms with Crippen molar-refractivity contribution in [2.75, 3.05) is 12.4 Å². The molecule has 1 aliphatic carbocycles. The highest BCUT2D eigenvalue weighted by atomic mass is 16.5. The number of aromatic nitrogens is 3. The Kier molecular flexibility index (Phi) is 5.57. The number of carbonyl (C=O) groups excluding carboxylic acids is 1. The fourth-order valence-electron chi connectivity index (χ4n) is 3.74. The third kappa shape index (κ3) is 4.14. The van der Waals surface area contributed by atoms with E-state index in [4.69, 9.17) is 9.84 Å². The Morgan fingerprint density at radius 3 is 2.66 bits per heavy atom. The van der Waals surface area contributed by atoms with Crippen molar-refractivity contribution in [1.82, 2.24) is 14.8 Å². The molecule has 7 nitrogen and oxygen atoms in total. The van der Waals surface area contributed by atoms with Crippen LogP contribution in [0.5, 0.6) is 0 Å². The smallest absolute Gasteiger partial charge is 0.340 e. The van der Waals surface area contributed by atoms with Crippen molar-refractivity contribution in [3.8, 4) is 11.3 Å². The van der Waals surface area contributed by atoms with E-state index < -0.39 is 5.97 Å². The van der Waals surface area contributed by atoms with E-state index in [1.165, 1.54) is 7.11 Å². The molecule has 2 N–H and O–H groups in total. The van der Waals surface area contributed by atoms with Gasteiger partial charge in [0, 0.05) is 17.8 Å². The summed E-state index contributed by atoms with van der Waals surface area (Å²) in [7, 11) is 1.36. The van der Waals surface area contributed by atoms with Crippen LogP contribution in [0.2, 0.25) is 0 Å². The second kappa shape index (κ2) is 8.45. The standard InChI is InChI=1S/C22H24N4O3/c1-29-22(28)18-11-12-23-14-20(18)24-21-13-19(15-5-3-2-4-6-15)25-26(21)16-7-9-17(27)10-8-16/h2-6,11-14,16-17,24,27H,7-10H2,1H3. The van der Waals surface area contributed by atoms with Gasteiger partial charge >= 0.3 is 5.97 Å². The quantitative estimate of drug-likeness (QED) is 0.639. The second-order valence-electron chi connectivity index (χ2n) is 7.23. The predicted molar refractivity (Wildman–Crippen MR) is 110 cm³/mol. The fourth-order valence-corrected chi connectivity index (χ4v) is 3.74. The van der Waals surface area contributed by atoms with Crippen LogP contribution >= 0.6 is 0 Å². The highest BCUT2D eigenvalue weighted by Crippen LogP contribution is 2.34. The predicted octanol–water partition coefficient (Wildman–Crippen LogP) is 3.95. The first-order chi connectivity index (χ1) is 14.2. The first-order valence-electron chi connectivity index (χ1n) is 9.78. The molecular weight excluding hydrogens is 368 g/mol. The van der Waals surface area contributed by atoms with Gasteiger partial charge in [0.2, 0.25) is 0 Å². The lowest BCUT2D eigenvalue weighted by Crippen LogP contribution is -2.22. The van der Waals surface area contributed by atoms with E-state index >= 15 is 0 Å². The van der Waals surface area contributed by atoms with Gasteiger partial charge in [0.1, 0.15) is 5.82 Å². The summed E-state index contributed by atoms with van der Waals surface area (Å²) in [6.45, 7) is 0. The van der Waals surface area contributed by atoms with Crippen molar-refractivity contribution in [2.24, 2.45) is 0 Å². The number of aliphatic hydroxyl groups is 1. The van der Waals surface area contributed by atoms with Crippen LogP contribution in [-0.2, 0) is 4.74 Å². The van der Waals surface area contributed by atoms with Gasteiger partial charge in [-0.15, -0.1) is 0 Å². The van der Waals surface area contributed by atoms with Gasteiger partial charge in [0.05, 0.1) is 42.4 Å². The monoisotopic (exact) mass is 392 g/mol. The van der Waals surface area contributed by atoms with Crippen molar-refractivity contribution in [3.63, 3.8) is 0 Å². The van der Waals surface area contributed by atoms with Crippen LogP contribution in [0.1, 0.15) is 42.1 Å². The number of benzene rings is 1. The normalized spacial score (nSPS) is 19.0. The molecule has 2 aromatic heterocycles. The minimum Gasteiger partial charge on any atom is -0.465 e. The van der Waals surface area contributed by atoms with E-state index in [9.17, 15) is 9.90 Å². The summed E-state index contributed by atoms with van der Waals surface area (Å²) in [6.07, 6.45) is 6.14. The summed E-state index contributed by atoms with van der Waals surface area (Å²) >= 11 is 0. The van der Waals surface area contributed by atoms with E-state index in [2.05, 4.69) is 10.3 Å². The Morgan fingerprint density at radius 1 is 1.17 bits per heavy atom. The van der Waals surface area contributed by atoms with Crippen LogP contribution in [-0.4, -0.2) is 39.1 Å². The van der Waals surface area contributed by atoms with Gasteiger partial charge in [-0.25, -0.2) is 9.48 Å². The van der Waals surface area contributed by atoms with Crippen LogP contribution < -0.4 is 5.32 Å². The number of hydrogen-bond acceptors (Lipinski definition) is 6. The van der Waals surface area contributed by atoms with Gasteiger partial charge in [0.15, 0.2) is 0 Å². The first kappa shape index (κ1) is 19.1. The van der Waals surface area contributed by atoms with Crippen molar-refractivity contribution in [1.29, 1.82) is 0 Å². The zero-order valence-electron chi connectivity index (χ0n) is 16.3. The lowest BCUT2D eigenvalue weighted by molar-refractivity contribution is 0.0601. The number of carbonyl (C=O) groups is 1. The van der Waals surface area contributed by atoms with Gasteiger partial charge in [-0.2, -0.15) is 5.10 Å². The molecule has 1 aromatic carbocycles. The molecule has 2 heterocycles. The Hall–Kier alpha value is -3.19. The maximum Gasteiger partial charge on any atom is 0.340 e. The van der Waals surface area contributed by atoms with Crippen LogP contribution in [0.25, 0.3) is 11.3 Å². The van der Waals surface area contributed by atoms with Crippen molar-refractivity contribution in [3.05, 3.63) is 60.4 Å². The number of ether oxygens (including phenoxy) is 1. The molecule has 29 heavy (non-hydrogen) atoms. The molecule has 1 saturated carbocycles. The van der Waals surface area contributed by atoms with E-state index in [0.29, 0.717) is 11.3 Å². The summed E-state index contributed by atoms with van der Waals surface area (Å²) in [5.41, 5.74) is 2.85. The second-order valence-corrected chi connectivity index (χ2v) is 7.23. The Bertz CT molecular complexity index is 979. The molecule has 0 spiro atoms. The van der Waals surface area contributed by atoms with Crippen molar-refractivity contribution < 1.29 is 14.6 Å². The number of aliphatic hydroxyl groups excluding tert-OH is 1. The zero-order chi connectivity index (χ0) is 20.2. The number of pyridine rings is 1. The average molecular weight is 392 g/mol. The van der Waals surface area contributed by atoms with Gasteiger partial charge in [0.25, 0.3) is 0 Å². The van der Waals surface area contributed by atoms with Gasteiger partial charge in [-0.3, -0.25) is 4.98 Å². The molecule has 4 rings (SSSR count). The van der Waals surface area contributed by atoms with Gasteiger partial charge < -0.3 is 15.2 Å². The molecule has 0 saturated heterocycles. The van der Waals surface area contributed by atoms with Gasteiger partial charge in [-0.05, 0) is 31.7 Å².